The summed E-state index contributed by atoms with van der Waals surface area (Å²) in [5, 5.41) is 14.0. The van der Waals surface area contributed by atoms with Gasteiger partial charge in [-0.25, -0.2) is 4.79 Å². The predicted molar refractivity (Wildman–Crippen MR) is 87.8 cm³/mol. The van der Waals surface area contributed by atoms with E-state index < -0.39 is 5.97 Å². The van der Waals surface area contributed by atoms with Gasteiger partial charge in [0.25, 0.3) is 0 Å². The number of halogens is 1. The Bertz CT molecular complexity index is 1050. The number of para-hydroxylation sites is 1. The molecule has 4 aromatic rings. The molecule has 0 fully saturated rings. The van der Waals surface area contributed by atoms with E-state index in [0.717, 1.165) is 22.2 Å². The summed E-state index contributed by atoms with van der Waals surface area (Å²) in [4.78, 5) is 12.1. The maximum absolute atomic E-state index is 13.1. The van der Waals surface area contributed by atoms with Crippen LogP contribution in [0.1, 0.15) is 16.2 Å². The van der Waals surface area contributed by atoms with Crippen molar-refractivity contribution in [2.24, 2.45) is 0 Å². The number of carboxylic acid groups (broad SMARTS) is 1. The number of hydrogen-bond donors (Lipinski definition) is 1. The first-order valence-corrected chi connectivity index (χ1v) is 7.96. The summed E-state index contributed by atoms with van der Waals surface area (Å²) in [6.07, 6.45) is 0. The van der Waals surface area contributed by atoms with Crippen molar-refractivity contribution in [3.05, 3.63) is 65.0 Å². The molecule has 0 aliphatic rings. The first kappa shape index (κ1) is 14.6. The number of aromatic nitrogens is 2. The predicted octanol–water partition coefficient (Wildman–Crippen LogP) is 4.24. The van der Waals surface area contributed by atoms with E-state index in [-0.39, 0.29) is 17.4 Å². The lowest BCUT2D eigenvalue weighted by atomic mass is 10.2. The molecule has 24 heavy (non-hydrogen) atoms. The average molecular weight is 342 g/mol. The smallest absolute Gasteiger partial charge is 0.352 e. The van der Waals surface area contributed by atoms with E-state index in [1.165, 1.54) is 6.07 Å². The maximum Gasteiger partial charge on any atom is 0.352 e. The van der Waals surface area contributed by atoms with E-state index in [0.29, 0.717) is 16.3 Å². The molecule has 0 saturated carbocycles. The fourth-order valence-electron chi connectivity index (χ4n) is 2.67. The molecule has 0 bridgehead atoms. The molecular formula is C17H11FN2O3S. The minimum atomic E-state index is -1.00. The molecule has 0 amide bonds. The summed E-state index contributed by atoms with van der Waals surface area (Å²) in [6, 6.07) is 13.8. The molecule has 0 radical (unpaired) electrons. The zero-order valence-electron chi connectivity index (χ0n) is 12.3. The molecule has 3 aromatic heterocycles. The normalized spacial score (nSPS) is 11.2. The van der Waals surface area contributed by atoms with Crippen LogP contribution in [0.5, 0.6) is 0 Å². The summed E-state index contributed by atoms with van der Waals surface area (Å²) >= 11 is 0.971. The first-order valence-electron chi connectivity index (χ1n) is 7.14. The molecular weight excluding hydrogens is 331 g/mol. The fourth-order valence-corrected chi connectivity index (χ4v) is 3.35. The van der Waals surface area contributed by atoms with Crippen LogP contribution < -0.4 is 0 Å². The van der Waals surface area contributed by atoms with Gasteiger partial charge >= 0.3 is 5.97 Å². The number of nitrogens with zero attached hydrogens (tertiary/aromatic N) is 2. The van der Waals surface area contributed by atoms with Crippen molar-refractivity contribution in [3.63, 3.8) is 0 Å². The second kappa shape index (κ2) is 5.61. The van der Waals surface area contributed by atoms with Gasteiger partial charge in [0.15, 0.2) is 10.9 Å². The van der Waals surface area contributed by atoms with Crippen molar-refractivity contribution in [1.29, 1.82) is 0 Å². The summed E-state index contributed by atoms with van der Waals surface area (Å²) < 4.78 is 20.1. The molecule has 7 heteroatoms. The Morgan fingerprint density at radius 3 is 2.83 bits per heavy atom. The standard InChI is InChI=1S/C17H11FN2O3S/c18-16-6-5-15(24-16)14-8-11(19-23-14)9-20-12-4-2-1-3-10(12)7-13(20)17(21)22/h1-8H,9H2,(H,21,22). The van der Waals surface area contributed by atoms with Gasteiger partial charge in [-0.2, -0.15) is 4.39 Å². The van der Waals surface area contributed by atoms with Gasteiger partial charge in [-0.1, -0.05) is 23.4 Å². The number of aromatic carboxylic acids is 1. The molecule has 0 spiro atoms. The van der Waals surface area contributed by atoms with E-state index in [2.05, 4.69) is 5.16 Å². The molecule has 3 heterocycles. The van der Waals surface area contributed by atoms with Gasteiger partial charge in [0.2, 0.25) is 0 Å². The highest BCUT2D eigenvalue weighted by atomic mass is 32.1. The van der Waals surface area contributed by atoms with Crippen LogP contribution in [0.3, 0.4) is 0 Å². The van der Waals surface area contributed by atoms with Crippen LogP contribution in [0.25, 0.3) is 21.5 Å². The topological polar surface area (TPSA) is 68.3 Å². The lowest BCUT2D eigenvalue weighted by Crippen LogP contribution is -2.09. The van der Waals surface area contributed by atoms with E-state index in [9.17, 15) is 14.3 Å². The quantitative estimate of drug-likeness (QED) is 0.602. The molecule has 0 unspecified atom stereocenters. The van der Waals surface area contributed by atoms with Crippen molar-refractivity contribution < 1.29 is 18.8 Å². The van der Waals surface area contributed by atoms with Gasteiger partial charge in [0.1, 0.15) is 11.4 Å². The van der Waals surface area contributed by atoms with Crippen molar-refractivity contribution in [3.8, 4) is 10.6 Å². The lowest BCUT2D eigenvalue weighted by Gasteiger charge is -2.05. The van der Waals surface area contributed by atoms with Gasteiger partial charge in [-0.05, 0) is 24.3 Å². The largest absolute Gasteiger partial charge is 0.477 e. The lowest BCUT2D eigenvalue weighted by molar-refractivity contribution is 0.0686. The minimum Gasteiger partial charge on any atom is -0.477 e. The molecule has 0 atom stereocenters. The summed E-state index contributed by atoms with van der Waals surface area (Å²) in [5.41, 5.74) is 1.56. The molecule has 4 rings (SSSR count). The Labute approximate surface area is 139 Å². The van der Waals surface area contributed by atoms with Crippen LogP contribution >= 0.6 is 11.3 Å². The van der Waals surface area contributed by atoms with Crippen molar-refractivity contribution in [2.75, 3.05) is 0 Å². The second-order valence-corrected chi connectivity index (χ2v) is 6.30. The van der Waals surface area contributed by atoms with Gasteiger partial charge in [-0.15, -0.1) is 11.3 Å². The highest BCUT2D eigenvalue weighted by molar-refractivity contribution is 7.13. The Hall–Kier alpha value is -2.93. The SMILES string of the molecule is O=C(O)c1cc2ccccc2n1Cc1cc(-c2ccc(F)s2)on1. The number of benzene rings is 1. The van der Waals surface area contributed by atoms with Crippen molar-refractivity contribution in [1.82, 2.24) is 9.72 Å². The molecule has 0 aliphatic heterocycles. The van der Waals surface area contributed by atoms with Crippen LogP contribution in [-0.2, 0) is 6.54 Å². The van der Waals surface area contributed by atoms with E-state index in [4.69, 9.17) is 4.52 Å². The van der Waals surface area contributed by atoms with Gasteiger partial charge in [-0.3, -0.25) is 0 Å². The zero-order valence-corrected chi connectivity index (χ0v) is 13.1. The van der Waals surface area contributed by atoms with Crippen molar-refractivity contribution >= 4 is 28.2 Å². The monoisotopic (exact) mass is 342 g/mol. The summed E-state index contributed by atoms with van der Waals surface area (Å²) in [5.74, 6) is -0.539. The number of rotatable bonds is 4. The molecule has 0 saturated heterocycles. The van der Waals surface area contributed by atoms with Gasteiger partial charge in [0, 0.05) is 17.0 Å². The van der Waals surface area contributed by atoms with E-state index in [1.54, 1.807) is 22.8 Å². The number of fused-ring (bicyclic) bond motifs is 1. The van der Waals surface area contributed by atoms with Crippen LogP contribution in [0.4, 0.5) is 4.39 Å². The molecule has 120 valence electrons. The third kappa shape index (κ3) is 2.48. The van der Waals surface area contributed by atoms with Gasteiger partial charge in [0.05, 0.1) is 11.4 Å². The second-order valence-electron chi connectivity index (χ2n) is 5.27. The fraction of sp³-hybridized carbons (Fsp3) is 0.0588. The molecule has 0 aliphatic carbocycles. The minimum absolute atomic E-state index is 0.183. The Kier molecular flexibility index (Phi) is 3.42. The van der Waals surface area contributed by atoms with Crippen LogP contribution in [0.15, 0.2) is 53.1 Å². The number of thiophene rings is 1. The zero-order chi connectivity index (χ0) is 16.7. The highest BCUT2D eigenvalue weighted by Gasteiger charge is 2.17. The Balaban J connectivity index is 1.73. The number of hydrogen-bond acceptors (Lipinski definition) is 4. The molecule has 1 aromatic carbocycles. The third-order valence-corrected chi connectivity index (χ3v) is 4.61. The van der Waals surface area contributed by atoms with Gasteiger partial charge < -0.3 is 14.2 Å². The first-order chi connectivity index (χ1) is 11.6. The van der Waals surface area contributed by atoms with E-state index >= 15 is 0 Å². The highest BCUT2D eigenvalue weighted by Crippen LogP contribution is 2.28. The number of carboxylic acids is 1. The van der Waals surface area contributed by atoms with Crippen molar-refractivity contribution in [2.45, 2.75) is 6.54 Å². The molecule has 5 nitrogen and oxygen atoms in total. The average Bonchev–Trinajstić information content (AvgIpc) is 3.27. The third-order valence-electron chi connectivity index (χ3n) is 3.72. The number of carbonyl (C=O) groups is 1. The Morgan fingerprint density at radius 2 is 2.08 bits per heavy atom. The molecule has 1 N–H and O–H groups in total. The van der Waals surface area contributed by atoms with Crippen LogP contribution in [0.2, 0.25) is 0 Å². The van der Waals surface area contributed by atoms with E-state index in [1.807, 2.05) is 24.3 Å². The van der Waals surface area contributed by atoms with Crippen LogP contribution in [0, 0.1) is 5.13 Å². The summed E-state index contributed by atoms with van der Waals surface area (Å²) in [7, 11) is 0. The van der Waals surface area contributed by atoms with Crippen LogP contribution in [-0.4, -0.2) is 20.8 Å². The Morgan fingerprint density at radius 1 is 1.25 bits per heavy atom. The maximum atomic E-state index is 13.1. The summed E-state index contributed by atoms with van der Waals surface area (Å²) in [6.45, 7) is 0.256.